The first-order valence-electron chi connectivity index (χ1n) is 22.7. The van der Waals surface area contributed by atoms with Crippen LogP contribution in [0.4, 0.5) is 14.5 Å². The maximum Gasteiger partial charge on any atom is 0.344 e. The van der Waals surface area contributed by atoms with Crippen molar-refractivity contribution in [3.05, 3.63) is 83.5 Å². The molecule has 2 saturated heterocycles. The molecule has 2 aromatic heterocycles. The van der Waals surface area contributed by atoms with Crippen LogP contribution < -0.4 is 9.64 Å². The number of carbonyl (C=O) groups excluding carboxylic acids is 3. The van der Waals surface area contributed by atoms with E-state index >= 15 is 13.6 Å². The standard InChI is InChI=1S/C50H58F2N4O9/c1-8-47-14-9-16-56-18-15-48(41(47)56)35-22-36(39(61-5)23-38(35)54(4)42(48)50(60,45(59)63-7)43(47)65-28(2)57)49(44(58)62-6)24-29-20-32(46(3,51)52)26-55(25-29)17-12-33-34-21-30(31-13-19-64-27-31)10-11-37(34)53-40(33)49/h9-11,13-14,19,21-23,27,29,32,41-43,53,60H,8,12,15-18,20,24-26H2,1-7H3/t29?,32?,41?,42?,43-,47-,48?,49-,50+/m0/s1. The van der Waals surface area contributed by atoms with E-state index in [1.54, 1.807) is 12.5 Å². The lowest BCUT2D eigenvalue weighted by Gasteiger charge is -2.63. The number of methoxy groups -OCH3 is 3. The lowest BCUT2D eigenvalue weighted by Crippen LogP contribution is -2.81. The van der Waals surface area contributed by atoms with Gasteiger partial charge in [0, 0.05) is 102 Å². The lowest BCUT2D eigenvalue weighted by atomic mass is 9.47. The molecule has 0 radical (unpaired) electrons. The molecule has 1 aliphatic carbocycles. The van der Waals surface area contributed by atoms with Gasteiger partial charge in [0.1, 0.15) is 11.2 Å². The topological polar surface area (TPSA) is 147 Å². The van der Waals surface area contributed by atoms with Crippen molar-refractivity contribution < 1.29 is 51.6 Å². The Kier molecular flexibility index (Phi) is 10.2. The molecule has 6 aliphatic rings. The van der Waals surface area contributed by atoms with Gasteiger partial charge in [0.25, 0.3) is 0 Å². The summed E-state index contributed by atoms with van der Waals surface area (Å²) in [6, 6.07) is 10.5. The SMILES string of the molecule is CC[C@@]12C=CCN3CCC4(c5cc([C@@]6(C(=O)OC)CC7CC(C(C)(F)F)CN(CCc8c6[nH]c6ccc(-c9ccoc9)cc86)C7)c(OC)cc5N(C)C4[C@](O)(C(=O)OC)[C@H]1OC(C)=O)C32. The van der Waals surface area contributed by atoms with Crippen LogP contribution in [-0.4, -0.2) is 129 Å². The number of esters is 3. The molecule has 0 amide bonds. The quantitative estimate of drug-likeness (QED) is 0.115. The van der Waals surface area contributed by atoms with Crippen molar-refractivity contribution in [2.45, 2.75) is 93.4 Å². The Bertz CT molecular complexity index is 2610. The number of ether oxygens (including phenoxy) is 4. The molecule has 4 aromatic rings. The largest absolute Gasteiger partial charge is 0.496 e. The average Bonchev–Trinajstić information content (AvgIpc) is 4.10. The maximum atomic E-state index is 15.5. The molecule has 3 fully saturated rings. The number of furan rings is 1. The fraction of sp³-hybridized carbons (Fsp3) is 0.540. The number of carbonyl (C=O) groups is 3. The van der Waals surface area contributed by atoms with Gasteiger partial charge in [-0.1, -0.05) is 25.1 Å². The molecule has 6 unspecified atom stereocenters. The Morgan fingerprint density at radius 1 is 1.00 bits per heavy atom. The van der Waals surface area contributed by atoms with E-state index in [1.165, 1.54) is 28.3 Å². The number of aliphatic hydroxyl groups is 1. The smallest absolute Gasteiger partial charge is 0.344 e. The number of hydrogen-bond donors (Lipinski definition) is 2. The fourth-order valence-electron chi connectivity index (χ4n) is 14.1. The Labute approximate surface area is 377 Å². The maximum absolute atomic E-state index is 15.5. The van der Waals surface area contributed by atoms with Crippen LogP contribution in [0.1, 0.15) is 68.8 Å². The van der Waals surface area contributed by atoms with Crippen molar-refractivity contribution in [3.8, 4) is 16.9 Å². The molecule has 10 rings (SSSR count). The number of piperidine rings is 1. The van der Waals surface area contributed by atoms with Crippen molar-refractivity contribution in [2.75, 3.05) is 66.0 Å². The summed E-state index contributed by atoms with van der Waals surface area (Å²) in [5, 5.41) is 14.3. The third kappa shape index (κ3) is 5.92. The van der Waals surface area contributed by atoms with Crippen LogP contribution in [0.2, 0.25) is 0 Å². The van der Waals surface area contributed by atoms with Crippen molar-refractivity contribution >= 4 is 34.5 Å². The van der Waals surface area contributed by atoms with Crippen molar-refractivity contribution in [2.24, 2.45) is 17.3 Å². The van der Waals surface area contributed by atoms with Crippen LogP contribution in [0.25, 0.3) is 22.0 Å². The van der Waals surface area contributed by atoms with Crippen molar-refractivity contribution in [1.29, 1.82) is 0 Å². The van der Waals surface area contributed by atoms with E-state index in [9.17, 15) is 14.7 Å². The molecule has 346 valence electrons. The Balaban J connectivity index is 1.28. The number of aromatic nitrogens is 1. The van der Waals surface area contributed by atoms with E-state index in [4.69, 9.17) is 23.4 Å². The number of rotatable bonds is 8. The lowest BCUT2D eigenvalue weighted by molar-refractivity contribution is -0.228. The fourth-order valence-corrected chi connectivity index (χ4v) is 14.1. The van der Waals surface area contributed by atoms with Gasteiger partial charge in [0.15, 0.2) is 6.10 Å². The minimum absolute atomic E-state index is 0.121. The summed E-state index contributed by atoms with van der Waals surface area (Å²) in [5.74, 6) is -6.06. The number of fused-ring (bicyclic) bond motifs is 6. The van der Waals surface area contributed by atoms with Crippen LogP contribution in [-0.2, 0) is 45.8 Å². The molecule has 13 nitrogen and oxygen atoms in total. The van der Waals surface area contributed by atoms with Gasteiger partial charge in [0.2, 0.25) is 11.5 Å². The molecule has 1 spiro atoms. The first-order valence-corrected chi connectivity index (χ1v) is 22.7. The molecule has 65 heavy (non-hydrogen) atoms. The second kappa shape index (κ2) is 15.1. The second-order valence-electron chi connectivity index (χ2n) is 19.6. The first-order chi connectivity index (χ1) is 31.0. The van der Waals surface area contributed by atoms with Crippen LogP contribution in [0.3, 0.4) is 0 Å². The summed E-state index contributed by atoms with van der Waals surface area (Å²) >= 11 is 0. The van der Waals surface area contributed by atoms with Gasteiger partial charge in [-0.15, -0.1) is 0 Å². The van der Waals surface area contributed by atoms with Crippen LogP contribution in [0.5, 0.6) is 5.75 Å². The zero-order valence-corrected chi connectivity index (χ0v) is 38.0. The number of alkyl halides is 2. The third-order valence-corrected chi connectivity index (χ3v) is 16.5. The second-order valence-corrected chi connectivity index (χ2v) is 19.6. The van der Waals surface area contributed by atoms with Crippen LogP contribution in [0, 0.1) is 17.3 Å². The average molecular weight is 897 g/mol. The van der Waals surface area contributed by atoms with E-state index in [0.29, 0.717) is 68.1 Å². The monoisotopic (exact) mass is 896 g/mol. The highest BCUT2D eigenvalue weighted by atomic mass is 19.3. The zero-order chi connectivity index (χ0) is 46.0. The molecule has 2 bridgehead atoms. The third-order valence-electron chi connectivity index (χ3n) is 16.5. The normalized spacial score (nSPS) is 33.8. The molecule has 2 aromatic carbocycles. The highest BCUT2D eigenvalue weighted by Crippen LogP contribution is 2.68. The first kappa shape index (κ1) is 43.6. The van der Waals surface area contributed by atoms with Gasteiger partial charge in [-0.2, -0.15) is 0 Å². The van der Waals surface area contributed by atoms with Crippen LogP contribution >= 0.6 is 0 Å². The van der Waals surface area contributed by atoms with E-state index in [-0.39, 0.29) is 31.3 Å². The number of nitrogens with zero attached hydrogens (tertiary/aromatic N) is 3. The molecule has 15 heteroatoms. The summed E-state index contributed by atoms with van der Waals surface area (Å²) in [5.41, 5.74) is -0.0176. The number of aromatic amines is 1. The highest BCUT2D eigenvalue weighted by molar-refractivity contribution is 5.96. The molecule has 7 heterocycles. The van der Waals surface area contributed by atoms with Crippen molar-refractivity contribution in [1.82, 2.24) is 14.8 Å². The van der Waals surface area contributed by atoms with E-state index < -0.39 is 63.7 Å². The number of anilines is 1. The van der Waals surface area contributed by atoms with Gasteiger partial charge < -0.3 is 43.3 Å². The molecule has 5 aliphatic heterocycles. The number of H-pyrrole nitrogens is 1. The Hall–Kier alpha value is -5.25. The van der Waals surface area contributed by atoms with Crippen molar-refractivity contribution in [3.63, 3.8) is 0 Å². The van der Waals surface area contributed by atoms with Gasteiger partial charge in [-0.05, 0) is 92.4 Å². The predicted molar refractivity (Wildman–Crippen MR) is 237 cm³/mol. The number of hydrogen-bond acceptors (Lipinski definition) is 12. The number of benzene rings is 2. The summed E-state index contributed by atoms with van der Waals surface area (Å²) in [7, 11) is 5.95. The minimum atomic E-state index is -2.96. The Morgan fingerprint density at radius 3 is 2.46 bits per heavy atom. The zero-order valence-electron chi connectivity index (χ0n) is 38.0. The molecule has 2 N–H and O–H groups in total. The summed E-state index contributed by atoms with van der Waals surface area (Å²) < 4.78 is 60.4. The summed E-state index contributed by atoms with van der Waals surface area (Å²) in [6.07, 6.45) is 7.69. The van der Waals surface area contributed by atoms with Gasteiger partial charge in [-0.3, -0.25) is 14.5 Å². The predicted octanol–water partition coefficient (Wildman–Crippen LogP) is 6.38. The molecule has 1 saturated carbocycles. The highest BCUT2D eigenvalue weighted by Gasteiger charge is 2.80. The Morgan fingerprint density at radius 2 is 1.78 bits per heavy atom. The van der Waals surface area contributed by atoms with Gasteiger partial charge >= 0.3 is 17.9 Å². The van der Waals surface area contributed by atoms with E-state index in [2.05, 4.69) is 20.9 Å². The summed E-state index contributed by atoms with van der Waals surface area (Å²) in [4.78, 5) is 53.2. The molecular weight excluding hydrogens is 839 g/mol. The molecule has 10 atom stereocenters. The van der Waals surface area contributed by atoms with Crippen LogP contribution in [0.15, 0.2) is 65.5 Å². The number of halogens is 2. The summed E-state index contributed by atoms with van der Waals surface area (Å²) in [6.45, 7) is 6.67. The van der Waals surface area contributed by atoms with Gasteiger partial charge in [0.05, 0.1) is 39.9 Å². The molecular formula is C50H58F2N4O9. The van der Waals surface area contributed by atoms with E-state index in [0.717, 1.165) is 40.1 Å². The van der Waals surface area contributed by atoms with E-state index in [1.807, 2.05) is 61.4 Å². The van der Waals surface area contributed by atoms with Gasteiger partial charge in [-0.25, -0.2) is 13.6 Å². The number of likely N-dealkylation sites (N-methyl/N-ethyl adjacent to an activating group) is 1. The number of nitrogens with one attached hydrogen (secondary N) is 1. The minimum Gasteiger partial charge on any atom is -0.496 e.